The SMILES string of the molecule is CC1CCCCC(CO)C1. The Hall–Kier alpha value is -0.0400. The van der Waals surface area contributed by atoms with Crippen molar-refractivity contribution in [3.63, 3.8) is 0 Å². The molecule has 2 unspecified atom stereocenters. The Balaban J connectivity index is 2.30. The third-order valence-corrected chi connectivity index (χ3v) is 2.55. The zero-order valence-corrected chi connectivity index (χ0v) is 6.84. The van der Waals surface area contributed by atoms with Gasteiger partial charge in [-0.2, -0.15) is 0 Å². The first-order valence-electron chi connectivity index (χ1n) is 4.43. The zero-order chi connectivity index (χ0) is 7.40. The predicted octanol–water partition coefficient (Wildman–Crippen LogP) is 2.20. The smallest absolute Gasteiger partial charge is 0.0459 e. The van der Waals surface area contributed by atoms with E-state index in [0.29, 0.717) is 12.5 Å². The third kappa shape index (κ3) is 2.30. The lowest BCUT2D eigenvalue weighted by atomic mass is 9.95. The van der Waals surface area contributed by atoms with Gasteiger partial charge in [0.1, 0.15) is 0 Å². The van der Waals surface area contributed by atoms with Gasteiger partial charge in [-0.1, -0.05) is 26.2 Å². The summed E-state index contributed by atoms with van der Waals surface area (Å²) in [5, 5.41) is 8.93. The average molecular weight is 142 g/mol. The second-order valence-electron chi connectivity index (χ2n) is 3.67. The lowest BCUT2D eigenvalue weighted by Gasteiger charge is -2.12. The van der Waals surface area contributed by atoms with Gasteiger partial charge >= 0.3 is 0 Å². The van der Waals surface area contributed by atoms with E-state index in [1.165, 1.54) is 32.1 Å². The minimum absolute atomic E-state index is 0.407. The van der Waals surface area contributed by atoms with Crippen LogP contribution in [-0.2, 0) is 0 Å². The first-order valence-corrected chi connectivity index (χ1v) is 4.43. The number of aliphatic hydroxyl groups excluding tert-OH is 1. The molecule has 1 aliphatic rings. The van der Waals surface area contributed by atoms with Crippen LogP contribution in [0.2, 0.25) is 0 Å². The molecule has 0 aromatic carbocycles. The summed E-state index contributed by atoms with van der Waals surface area (Å²) in [7, 11) is 0. The zero-order valence-electron chi connectivity index (χ0n) is 6.84. The first-order chi connectivity index (χ1) is 4.83. The van der Waals surface area contributed by atoms with Gasteiger partial charge in [-0.05, 0) is 24.7 Å². The predicted molar refractivity (Wildman–Crippen MR) is 42.8 cm³/mol. The van der Waals surface area contributed by atoms with Gasteiger partial charge in [-0.25, -0.2) is 0 Å². The molecule has 0 saturated heterocycles. The molecule has 2 atom stereocenters. The quantitative estimate of drug-likeness (QED) is 0.556. The van der Waals surface area contributed by atoms with Crippen LogP contribution in [0.5, 0.6) is 0 Å². The molecule has 0 spiro atoms. The molecule has 60 valence electrons. The molecule has 1 N–H and O–H groups in total. The Morgan fingerprint density at radius 2 is 2.00 bits per heavy atom. The van der Waals surface area contributed by atoms with Crippen molar-refractivity contribution >= 4 is 0 Å². The van der Waals surface area contributed by atoms with E-state index in [0.717, 1.165) is 5.92 Å². The second-order valence-corrected chi connectivity index (χ2v) is 3.67. The van der Waals surface area contributed by atoms with Crippen molar-refractivity contribution in [2.24, 2.45) is 11.8 Å². The molecule has 1 nitrogen and oxygen atoms in total. The van der Waals surface area contributed by atoms with Crippen molar-refractivity contribution in [1.82, 2.24) is 0 Å². The van der Waals surface area contributed by atoms with Gasteiger partial charge in [0.05, 0.1) is 0 Å². The molecule has 0 bridgehead atoms. The summed E-state index contributed by atoms with van der Waals surface area (Å²) in [6.45, 7) is 2.71. The molecule has 0 amide bonds. The van der Waals surface area contributed by atoms with Gasteiger partial charge in [-0.15, -0.1) is 0 Å². The molecule has 1 heteroatoms. The highest BCUT2D eigenvalue weighted by molar-refractivity contribution is 4.67. The summed E-state index contributed by atoms with van der Waals surface area (Å²) in [6.07, 6.45) is 6.57. The maximum Gasteiger partial charge on any atom is 0.0459 e. The largest absolute Gasteiger partial charge is 0.396 e. The van der Waals surface area contributed by atoms with Crippen molar-refractivity contribution in [1.29, 1.82) is 0 Å². The van der Waals surface area contributed by atoms with Crippen molar-refractivity contribution in [2.75, 3.05) is 6.61 Å². The summed E-state index contributed by atoms with van der Waals surface area (Å²) >= 11 is 0. The standard InChI is InChI=1S/C9H18O/c1-8-4-2-3-5-9(6-8)7-10/h8-10H,2-7H2,1H3. The van der Waals surface area contributed by atoms with Gasteiger partial charge < -0.3 is 5.11 Å². The third-order valence-electron chi connectivity index (χ3n) is 2.55. The number of aliphatic hydroxyl groups is 1. The molecular weight excluding hydrogens is 124 g/mol. The van der Waals surface area contributed by atoms with Gasteiger partial charge in [0.15, 0.2) is 0 Å². The fraction of sp³-hybridized carbons (Fsp3) is 1.00. The Morgan fingerprint density at radius 3 is 2.70 bits per heavy atom. The molecule has 1 aliphatic carbocycles. The van der Waals surface area contributed by atoms with E-state index in [9.17, 15) is 0 Å². The molecule has 0 aromatic rings. The van der Waals surface area contributed by atoms with Crippen LogP contribution in [0.1, 0.15) is 39.0 Å². The van der Waals surface area contributed by atoms with Gasteiger partial charge in [0.2, 0.25) is 0 Å². The molecule has 0 heterocycles. The fourth-order valence-corrected chi connectivity index (χ4v) is 1.90. The van der Waals surface area contributed by atoms with Crippen molar-refractivity contribution in [2.45, 2.75) is 39.0 Å². The fourth-order valence-electron chi connectivity index (χ4n) is 1.90. The van der Waals surface area contributed by atoms with Crippen LogP contribution in [0.3, 0.4) is 0 Å². The average Bonchev–Trinajstić information content (AvgIpc) is 2.13. The maximum absolute atomic E-state index is 8.93. The van der Waals surface area contributed by atoms with Crippen LogP contribution < -0.4 is 0 Å². The highest BCUT2D eigenvalue weighted by atomic mass is 16.3. The Morgan fingerprint density at radius 1 is 1.30 bits per heavy atom. The van der Waals surface area contributed by atoms with Crippen molar-refractivity contribution in [3.8, 4) is 0 Å². The maximum atomic E-state index is 8.93. The summed E-state index contributed by atoms with van der Waals surface area (Å²) in [4.78, 5) is 0. The molecule has 1 rings (SSSR count). The number of rotatable bonds is 1. The molecule has 1 fully saturated rings. The molecule has 1 saturated carbocycles. The normalized spacial score (nSPS) is 35.4. The molecule has 0 aromatic heterocycles. The first kappa shape index (κ1) is 8.06. The lowest BCUT2D eigenvalue weighted by molar-refractivity contribution is 0.202. The number of hydrogen-bond donors (Lipinski definition) is 1. The van der Waals surface area contributed by atoms with E-state index < -0.39 is 0 Å². The summed E-state index contributed by atoms with van der Waals surface area (Å²) in [6, 6.07) is 0. The van der Waals surface area contributed by atoms with Crippen LogP contribution in [0.4, 0.5) is 0 Å². The summed E-state index contributed by atoms with van der Waals surface area (Å²) in [5.74, 6) is 1.46. The van der Waals surface area contributed by atoms with E-state index >= 15 is 0 Å². The van der Waals surface area contributed by atoms with Crippen LogP contribution in [0, 0.1) is 11.8 Å². The van der Waals surface area contributed by atoms with Gasteiger partial charge in [0.25, 0.3) is 0 Å². The molecular formula is C9H18O. The monoisotopic (exact) mass is 142 g/mol. The van der Waals surface area contributed by atoms with E-state index in [4.69, 9.17) is 5.11 Å². The highest BCUT2D eigenvalue weighted by Crippen LogP contribution is 2.26. The van der Waals surface area contributed by atoms with Crippen LogP contribution >= 0.6 is 0 Å². The second kappa shape index (κ2) is 3.97. The topological polar surface area (TPSA) is 20.2 Å². The molecule has 0 radical (unpaired) electrons. The number of hydrogen-bond acceptors (Lipinski definition) is 1. The summed E-state index contributed by atoms with van der Waals surface area (Å²) in [5.41, 5.74) is 0. The lowest BCUT2D eigenvalue weighted by Crippen LogP contribution is -2.07. The molecule has 10 heavy (non-hydrogen) atoms. The van der Waals surface area contributed by atoms with Gasteiger partial charge in [-0.3, -0.25) is 0 Å². The van der Waals surface area contributed by atoms with Crippen LogP contribution in [0.25, 0.3) is 0 Å². The van der Waals surface area contributed by atoms with E-state index in [1.54, 1.807) is 0 Å². The van der Waals surface area contributed by atoms with Crippen LogP contribution in [-0.4, -0.2) is 11.7 Å². The van der Waals surface area contributed by atoms with Gasteiger partial charge in [0, 0.05) is 6.61 Å². The van der Waals surface area contributed by atoms with Crippen molar-refractivity contribution in [3.05, 3.63) is 0 Å². The Bertz CT molecular complexity index is 90.7. The van der Waals surface area contributed by atoms with E-state index in [-0.39, 0.29) is 0 Å². The highest BCUT2D eigenvalue weighted by Gasteiger charge is 2.15. The Kier molecular flexibility index (Phi) is 3.20. The van der Waals surface area contributed by atoms with Crippen molar-refractivity contribution < 1.29 is 5.11 Å². The van der Waals surface area contributed by atoms with Crippen LogP contribution in [0.15, 0.2) is 0 Å². The minimum atomic E-state index is 0.407. The Labute approximate surface area is 63.4 Å². The minimum Gasteiger partial charge on any atom is -0.396 e. The van der Waals surface area contributed by atoms with E-state index in [1.807, 2.05) is 0 Å². The molecule has 0 aliphatic heterocycles. The summed E-state index contributed by atoms with van der Waals surface area (Å²) < 4.78 is 0. The van der Waals surface area contributed by atoms with E-state index in [2.05, 4.69) is 6.92 Å².